The number of nitrogens with one attached hydrogen (secondary N) is 2. The highest BCUT2D eigenvalue weighted by Crippen LogP contribution is 2.29. The summed E-state index contributed by atoms with van der Waals surface area (Å²) in [5, 5.41) is 18.0. The van der Waals surface area contributed by atoms with Crippen LogP contribution in [-0.4, -0.2) is 44.3 Å². The van der Waals surface area contributed by atoms with E-state index in [-0.39, 0.29) is 18.4 Å². The lowest BCUT2D eigenvalue weighted by Crippen LogP contribution is -2.41. The largest absolute Gasteiger partial charge is 0.286 e. The fraction of sp³-hybridized carbons (Fsp3) is 0.500. The highest BCUT2D eigenvalue weighted by molar-refractivity contribution is 5.80. The molecule has 0 spiro atoms. The molecule has 2 aromatic rings. The molecule has 3 N–H and O–H groups in total. The smallest absolute Gasteiger partial charge is 0.262 e. The molecule has 0 aliphatic heterocycles. The summed E-state index contributed by atoms with van der Waals surface area (Å²) >= 11 is 0. The minimum absolute atomic E-state index is 0.0512. The van der Waals surface area contributed by atoms with Crippen molar-refractivity contribution in [1.82, 2.24) is 25.7 Å². The van der Waals surface area contributed by atoms with E-state index in [1.165, 1.54) is 6.42 Å². The molecule has 0 unspecified atom stereocenters. The fourth-order valence-corrected chi connectivity index (χ4v) is 3.51. The zero-order valence-corrected chi connectivity index (χ0v) is 15.0. The van der Waals surface area contributed by atoms with E-state index in [9.17, 15) is 14.8 Å². The third kappa shape index (κ3) is 5.33. The van der Waals surface area contributed by atoms with E-state index in [1.54, 1.807) is 12.1 Å². The van der Waals surface area contributed by atoms with Crippen LogP contribution in [0, 0.1) is 11.8 Å². The molecule has 1 saturated carbocycles. The van der Waals surface area contributed by atoms with Gasteiger partial charge in [0.15, 0.2) is 0 Å². The molecular formula is C18H24N6O3. The first kappa shape index (κ1) is 19.0. The van der Waals surface area contributed by atoms with E-state index in [0.717, 1.165) is 25.7 Å². The molecule has 1 aliphatic rings. The number of rotatable bonds is 8. The normalized spacial score (nSPS) is 15.9. The summed E-state index contributed by atoms with van der Waals surface area (Å²) in [6, 6.07) is 7.29. The molecular weight excluding hydrogens is 348 g/mol. The van der Waals surface area contributed by atoms with Gasteiger partial charge in [-0.1, -0.05) is 44.2 Å². The van der Waals surface area contributed by atoms with Crippen LogP contribution in [-0.2, 0) is 9.59 Å². The Morgan fingerprint density at radius 2 is 1.96 bits per heavy atom. The van der Waals surface area contributed by atoms with Gasteiger partial charge in [-0.25, -0.2) is 10.0 Å². The SMILES string of the molecule is O=CN(O)C[C@H](CC1CCCCC1)C(=O)NNc1nnc2ccccc2n1. The van der Waals surface area contributed by atoms with Crippen molar-refractivity contribution in [2.24, 2.45) is 11.8 Å². The molecule has 0 bridgehead atoms. The molecule has 1 aromatic heterocycles. The summed E-state index contributed by atoms with van der Waals surface area (Å²) in [6.07, 6.45) is 6.61. The van der Waals surface area contributed by atoms with Crippen LogP contribution in [0.5, 0.6) is 0 Å². The van der Waals surface area contributed by atoms with Crippen LogP contribution in [0.1, 0.15) is 38.5 Å². The average molecular weight is 372 g/mol. The number of fused-ring (bicyclic) bond motifs is 1. The Kier molecular flexibility index (Phi) is 6.48. The van der Waals surface area contributed by atoms with Gasteiger partial charge in [-0.3, -0.25) is 25.6 Å². The van der Waals surface area contributed by atoms with E-state index < -0.39 is 5.92 Å². The van der Waals surface area contributed by atoms with Gasteiger partial charge in [0.1, 0.15) is 5.52 Å². The number of hydrogen-bond acceptors (Lipinski definition) is 7. The fourth-order valence-electron chi connectivity index (χ4n) is 3.51. The van der Waals surface area contributed by atoms with Crippen LogP contribution in [0.2, 0.25) is 0 Å². The van der Waals surface area contributed by atoms with Gasteiger partial charge in [0.2, 0.25) is 12.3 Å². The molecule has 9 nitrogen and oxygen atoms in total. The molecule has 1 aliphatic carbocycles. The number of hydrogen-bond donors (Lipinski definition) is 3. The van der Waals surface area contributed by atoms with Gasteiger partial charge in [-0.05, 0) is 24.5 Å². The third-order valence-corrected chi connectivity index (χ3v) is 4.90. The zero-order valence-electron chi connectivity index (χ0n) is 15.0. The van der Waals surface area contributed by atoms with E-state index in [0.29, 0.717) is 34.8 Å². The number of hydroxylamine groups is 2. The van der Waals surface area contributed by atoms with Crippen molar-refractivity contribution >= 4 is 29.3 Å². The minimum Gasteiger partial charge on any atom is -0.286 e. The van der Waals surface area contributed by atoms with E-state index in [2.05, 4.69) is 26.0 Å². The van der Waals surface area contributed by atoms with Crippen LogP contribution in [0.25, 0.3) is 11.0 Å². The van der Waals surface area contributed by atoms with Gasteiger partial charge in [-0.2, -0.15) is 0 Å². The topological polar surface area (TPSA) is 120 Å². The summed E-state index contributed by atoms with van der Waals surface area (Å²) in [4.78, 5) is 27.6. The maximum atomic E-state index is 12.6. The van der Waals surface area contributed by atoms with E-state index >= 15 is 0 Å². The second-order valence-electron chi connectivity index (χ2n) is 6.90. The molecule has 2 amide bonds. The summed E-state index contributed by atoms with van der Waals surface area (Å²) in [5.41, 5.74) is 6.56. The molecule has 1 atom stereocenters. The standard InChI is InChI=1S/C18H24N6O3/c25-12-24(27)11-14(10-13-6-2-1-3-7-13)17(26)21-23-18-19-15-8-4-5-9-16(15)20-22-18/h4-5,8-9,12-14,27H,1-3,6-7,10-11H2,(H,21,26)(H,19,22,23)/t14-/m0/s1. The van der Waals surface area contributed by atoms with Gasteiger partial charge >= 0.3 is 0 Å². The summed E-state index contributed by atoms with van der Waals surface area (Å²) in [5.74, 6) is -0.245. The van der Waals surface area contributed by atoms with Gasteiger partial charge < -0.3 is 0 Å². The number of aromatic nitrogens is 3. The molecule has 1 heterocycles. The van der Waals surface area contributed by atoms with Gasteiger partial charge in [0.25, 0.3) is 5.95 Å². The van der Waals surface area contributed by atoms with Crippen molar-refractivity contribution in [3.8, 4) is 0 Å². The Balaban J connectivity index is 1.62. The second-order valence-corrected chi connectivity index (χ2v) is 6.90. The van der Waals surface area contributed by atoms with Gasteiger partial charge in [0, 0.05) is 0 Å². The minimum atomic E-state index is -0.524. The molecule has 9 heteroatoms. The van der Waals surface area contributed by atoms with Crippen molar-refractivity contribution in [2.75, 3.05) is 12.0 Å². The number of amides is 2. The van der Waals surface area contributed by atoms with Crippen LogP contribution in [0.15, 0.2) is 24.3 Å². The molecule has 3 rings (SSSR count). The maximum Gasteiger partial charge on any atom is 0.262 e. The number of carbonyl (C=O) groups excluding carboxylic acids is 2. The van der Waals surface area contributed by atoms with Crippen molar-refractivity contribution in [1.29, 1.82) is 0 Å². The van der Waals surface area contributed by atoms with Crippen LogP contribution >= 0.6 is 0 Å². The molecule has 0 saturated heterocycles. The lowest BCUT2D eigenvalue weighted by Gasteiger charge is -2.27. The average Bonchev–Trinajstić information content (AvgIpc) is 2.72. The first-order valence-electron chi connectivity index (χ1n) is 9.22. The number of nitrogens with zero attached hydrogens (tertiary/aromatic N) is 4. The zero-order chi connectivity index (χ0) is 19.1. The predicted octanol–water partition coefficient (Wildman–Crippen LogP) is 1.90. The Morgan fingerprint density at radius 1 is 1.22 bits per heavy atom. The number of para-hydroxylation sites is 1. The first-order valence-corrected chi connectivity index (χ1v) is 9.22. The number of carbonyl (C=O) groups is 2. The predicted molar refractivity (Wildman–Crippen MR) is 98.3 cm³/mol. The third-order valence-electron chi connectivity index (χ3n) is 4.90. The summed E-state index contributed by atoms with van der Waals surface area (Å²) < 4.78 is 0. The summed E-state index contributed by atoms with van der Waals surface area (Å²) in [6.45, 7) is -0.0512. The molecule has 1 aromatic carbocycles. The number of anilines is 1. The van der Waals surface area contributed by atoms with E-state index in [4.69, 9.17) is 0 Å². The quantitative estimate of drug-likeness (QED) is 0.368. The Bertz CT molecular complexity index is 781. The van der Waals surface area contributed by atoms with Crippen molar-refractivity contribution in [3.63, 3.8) is 0 Å². The highest BCUT2D eigenvalue weighted by Gasteiger charge is 2.26. The Morgan fingerprint density at radius 3 is 2.70 bits per heavy atom. The Labute approximate surface area is 157 Å². The van der Waals surface area contributed by atoms with Crippen molar-refractivity contribution < 1.29 is 14.8 Å². The van der Waals surface area contributed by atoms with Crippen molar-refractivity contribution in [3.05, 3.63) is 24.3 Å². The highest BCUT2D eigenvalue weighted by atomic mass is 16.5. The molecule has 1 fully saturated rings. The van der Waals surface area contributed by atoms with Crippen LogP contribution in [0.4, 0.5) is 5.95 Å². The second kappa shape index (κ2) is 9.22. The lowest BCUT2D eigenvalue weighted by molar-refractivity contribution is -0.155. The number of benzene rings is 1. The monoisotopic (exact) mass is 372 g/mol. The van der Waals surface area contributed by atoms with Crippen molar-refractivity contribution in [2.45, 2.75) is 38.5 Å². The van der Waals surface area contributed by atoms with Crippen LogP contribution < -0.4 is 10.9 Å². The first-order chi connectivity index (χ1) is 13.2. The molecule has 27 heavy (non-hydrogen) atoms. The summed E-state index contributed by atoms with van der Waals surface area (Å²) in [7, 11) is 0. The van der Waals surface area contributed by atoms with Crippen LogP contribution in [0.3, 0.4) is 0 Å². The Hall–Kier alpha value is -2.81. The molecule has 144 valence electrons. The van der Waals surface area contributed by atoms with Gasteiger partial charge in [0.05, 0.1) is 18.0 Å². The maximum absolute atomic E-state index is 12.6. The van der Waals surface area contributed by atoms with Gasteiger partial charge in [-0.15, -0.1) is 10.2 Å². The number of hydrazine groups is 1. The van der Waals surface area contributed by atoms with E-state index in [1.807, 2.05) is 12.1 Å². The molecule has 0 radical (unpaired) electrons. The lowest BCUT2D eigenvalue weighted by atomic mass is 9.82.